The third kappa shape index (κ3) is 2.48. The monoisotopic (exact) mass is 360 g/mol. The van der Waals surface area contributed by atoms with E-state index in [9.17, 15) is 0 Å². The SMILES string of the molecule is Cc1ccc(-c2c(Br)n(CCCO)c3ncnc(N)c23)cc1. The molecule has 0 unspecified atom stereocenters. The van der Waals surface area contributed by atoms with Crippen molar-refractivity contribution in [2.45, 2.75) is 19.9 Å². The summed E-state index contributed by atoms with van der Waals surface area (Å²) in [6, 6.07) is 8.27. The van der Waals surface area contributed by atoms with Crippen molar-refractivity contribution >= 4 is 32.8 Å². The summed E-state index contributed by atoms with van der Waals surface area (Å²) < 4.78 is 2.94. The van der Waals surface area contributed by atoms with Gasteiger partial charge in [0.1, 0.15) is 17.8 Å². The molecule has 0 amide bonds. The van der Waals surface area contributed by atoms with Gasteiger partial charge in [-0.1, -0.05) is 29.8 Å². The lowest BCUT2D eigenvalue weighted by Crippen LogP contribution is -2.02. The number of benzene rings is 1. The Balaban J connectivity index is 2.28. The van der Waals surface area contributed by atoms with Crippen molar-refractivity contribution in [2.24, 2.45) is 0 Å². The van der Waals surface area contributed by atoms with Crippen LogP contribution in [0.5, 0.6) is 0 Å². The molecule has 0 aliphatic carbocycles. The molecular weight excluding hydrogens is 344 g/mol. The number of anilines is 1. The van der Waals surface area contributed by atoms with Gasteiger partial charge in [-0.2, -0.15) is 0 Å². The lowest BCUT2D eigenvalue weighted by atomic mass is 10.0. The van der Waals surface area contributed by atoms with Crippen LogP contribution in [0.3, 0.4) is 0 Å². The first-order valence-electron chi connectivity index (χ1n) is 7.09. The van der Waals surface area contributed by atoms with Gasteiger partial charge in [-0.05, 0) is 34.8 Å². The molecule has 3 rings (SSSR count). The van der Waals surface area contributed by atoms with Gasteiger partial charge in [-0.3, -0.25) is 0 Å². The fourth-order valence-electron chi connectivity index (χ4n) is 2.58. The summed E-state index contributed by atoms with van der Waals surface area (Å²) in [4.78, 5) is 8.51. The van der Waals surface area contributed by atoms with Gasteiger partial charge in [0.05, 0.1) is 9.99 Å². The van der Waals surface area contributed by atoms with Crippen LogP contribution in [-0.4, -0.2) is 26.2 Å². The zero-order valence-corrected chi connectivity index (χ0v) is 13.8. The predicted octanol–water partition coefficient (Wildman–Crippen LogP) is 3.13. The number of nitrogens with two attached hydrogens (primary N) is 1. The number of fused-ring (bicyclic) bond motifs is 1. The van der Waals surface area contributed by atoms with E-state index in [-0.39, 0.29) is 6.61 Å². The molecule has 0 atom stereocenters. The minimum Gasteiger partial charge on any atom is -0.396 e. The number of aliphatic hydroxyl groups excluding tert-OH is 1. The van der Waals surface area contributed by atoms with Gasteiger partial charge in [0.2, 0.25) is 0 Å². The Morgan fingerprint density at radius 3 is 2.64 bits per heavy atom. The van der Waals surface area contributed by atoms with Crippen LogP contribution in [0.25, 0.3) is 22.2 Å². The number of aliphatic hydroxyl groups is 1. The molecule has 0 aliphatic heterocycles. The summed E-state index contributed by atoms with van der Waals surface area (Å²) in [5.74, 6) is 0.462. The number of hydrogen-bond donors (Lipinski definition) is 2. The molecule has 0 aliphatic rings. The summed E-state index contributed by atoms with van der Waals surface area (Å²) in [7, 11) is 0. The van der Waals surface area contributed by atoms with Crippen LogP contribution in [0.1, 0.15) is 12.0 Å². The Labute approximate surface area is 136 Å². The van der Waals surface area contributed by atoms with Crippen molar-refractivity contribution < 1.29 is 5.11 Å². The first-order valence-corrected chi connectivity index (χ1v) is 7.89. The summed E-state index contributed by atoms with van der Waals surface area (Å²) in [6.45, 7) is 2.85. The van der Waals surface area contributed by atoms with Gasteiger partial charge in [-0.15, -0.1) is 0 Å². The quantitative estimate of drug-likeness (QED) is 0.749. The van der Waals surface area contributed by atoms with Crippen molar-refractivity contribution in [3.8, 4) is 11.1 Å². The van der Waals surface area contributed by atoms with E-state index >= 15 is 0 Å². The number of aryl methyl sites for hydroxylation is 2. The fraction of sp³-hybridized carbons (Fsp3) is 0.250. The number of nitrogen functional groups attached to an aromatic ring is 1. The maximum atomic E-state index is 9.11. The Hall–Kier alpha value is -1.92. The summed E-state index contributed by atoms with van der Waals surface area (Å²) >= 11 is 3.67. The molecule has 0 radical (unpaired) electrons. The smallest absolute Gasteiger partial charge is 0.147 e. The molecule has 0 saturated carbocycles. The van der Waals surface area contributed by atoms with Crippen LogP contribution >= 0.6 is 15.9 Å². The molecular formula is C16H17BrN4O. The zero-order valence-electron chi connectivity index (χ0n) is 12.3. The van der Waals surface area contributed by atoms with E-state index < -0.39 is 0 Å². The van der Waals surface area contributed by atoms with Crippen molar-refractivity contribution in [3.05, 3.63) is 40.8 Å². The summed E-state index contributed by atoms with van der Waals surface area (Å²) in [5, 5.41) is 9.96. The first kappa shape index (κ1) is 15.0. The molecule has 114 valence electrons. The van der Waals surface area contributed by atoms with Crippen LogP contribution in [-0.2, 0) is 6.54 Å². The lowest BCUT2D eigenvalue weighted by Gasteiger charge is -2.05. The number of rotatable bonds is 4. The van der Waals surface area contributed by atoms with E-state index in [2.05, 4.69) is 57.1 Å². The van der Waals surface area contributed by atoms with E-state index in [0.717, 1.165) is 26.8 Å². The molecule has 0 spiro atoms. The van der Waals surface area contributed by atoms with Gasteiger partial charge < -0.3 is 15.4 Å². The molecule has 3 aromatic rings. The van der Waals surface area contributed by atoms with Gasteiger partial charge in [-0.25, -0.2) is 9.97 Å². The van der Waals surface area contributed by atoms with E-state index in [0.29, 0.717) is 18.8 Å². The average molecular weight is 361 g/mol. The number of nitrogens with zero attached hydrogens (tertiary/aromatic N) is 3. The van der Waals surface area contributed by atoms with E-state index in [4.69, 9.17) is 10.8 Å². The predicted molar refractivity (Wildman–Crippen MR) is 91.5 cm³/mol. The second-order valence-electron chi connectivity index (χ2n) is 5.22. The summed E-state index contributed by atoms with van der Waals surface area (Å²) in [5.41, 5.74) is 10.1. The van der Waals surface area contributed by atoms with E-state index in [1.807, 2.05) is 4.57 Å². The van der Waals surface area contributed by atoms with E-state index in [1.54, 1.807) is 0 Å². The third-order valence-electron chi connectivity index (χ3n) is 3.69. The first-order chi connectivity index (χ1) is 10.6. The minimum absolute atomic E-state index is 0.131. The van der Waals surface area contributed by atoms with Gasteiger partial charge in [0.15, 0.2) is 0 Å². The Morgan fingerprint density at radius 1 is 1.23 bits per heavy atom. The number of aromatic nitrogens is 3. The minimum atomic E-state index is 0.131. The molecule has 2 heterocycles. The van der Waals surface area contributed by atoms with Crippen LogP contribution in [0.2, 0.25) is 0 Å². The number of halogens is 1. The standard InChI is InChI=1S/C16H17BrN4O/c1-10-3-5-11(6-4-10)12-13-15(18)19-9-20-16(13)21(14(12)17)7-2-8-22/h3-6,9,22H,2,7-8H2,1H3,(H2,18,19,20). The molecule has 0 saturated heterocycles. The third-order valence-corrected chi connectivity index (χ3v) is 4.51. The molecule has 2 aromatic heterocycles. The largest absolute Gasteiger partial charge is 0.396 e. The average Bonchev–Trinajstić information content (AvgIpc) is 2.80. The molecule has 22 heavy (non-hydrogen) atoms. The maximum Gasteiger partial charge on any atom is 0.147 e. The molecule has 0 bridgehead atoms. The van der Waals surface area contributed by atoms with E-state index in [1.165, 1.54) is 11.9 Å². The zero-order chi connectivity index (χ0) is 15.7. The molecule has 3 N–H and O–H groups in total. The van der Waals surface area contributed by atoms with Crippen LogP contribution in [0, 0.1) is 6.92 Å². The Bertz CT molecular complexity index is 811. The van der Waals surface area contributed by atoms with Crippen molar-refractivity contribution in [3.63, 3.8) is 0 Å². The highest BCUT2D eigenvalue weighted by Crippen LogP contribution is 2.39. The van der Waals surface area contributed by atoms with Crippen molar-refractivity contribution in [1.29, 1.82) is 0 Å². The van der Waals surface area contributed by atoms with Gasteiger partial charge in [0, 0.05) is 18.7 Å². The topological polar surface area (TPSA) is 77.0 Å². The highest BCUT2D eigenvalue weighted by molar-refractivity contribution is 9.10. The second-order valence-corrected chi connectivity index (χ2v) is 5.97. The highest BCUT2D eigenvalue weighted by Gasteiger charge is 2.20. The molecule has 6 heteroatoms. The van der Waals surface area contributed by atoms with Crippen molar-refractivity contribution in [1.82, 2.24) is 14.5 Å². The Morgan fingerprint density at radius 2 is 1.95 bits per heavy atom. The van der Waals surface area contributed by atoms with Gasteiger partial charge >= 0.3 is 0 Å². The second kappa shape index (κ2) is 6.06. The normalized spacial score (nSPS) is 11.2. The van der Waals surface area contributed by atoms with Crippen molar-refractivity contribution in [2.75, 3.05) is 12.3 Å². The lowest BCUT2D eigenvalue weighted by molar-refractivity contribution is 0.280. The maximum absolute atomic E-state index is 9.11. The number of hydrogen-bond acceptors (Lipinski definition) is 4. The summed E-state index contributed by atoms with van der Waals surface area (Å²) in [6.07, 6.45) is 2.12. The van der Waals surface area contributed by atoms with Crippen LogP contribution in [0.4, 0.5) is 5.82 Å². The fourth-order valence-corrected chi connectivity index (χ4v) is 3.35. The van der Waals surface area contributed by atoms with Gasteiger partial charge in [0.25, 0.3) is 0 Å². The van der Waals surface area contributed by atoms with Crippen LogP contribution < -0.4 is 5.73 Å². The highest BCUT2D eigenvalue weighted by atomic mass is 79.9. The Kier molecular flexibility index (Phi) is 4.13. The van der Waals surface area contributed by atoms with Crippen LogP contribution in [0.15, 0.2) is 35.2 Å². The molecule has 1 aromatic carbocycles. The molecule has 5 nitrogen and oxygen atoms in total. The molecule has 0 fully saturated rings.